The largest absolute Gasteiger partial charge is 0.350 e. The highest BCUT2D eigenvalue weighted by atomic mass is 15.0. The van der Waals surface area contributed by atoms with Gasteiger partial charge in [0, 0.05) is 25.0 Å². The first-order valence-electron chi connectivity index (χ1n) is 8.12. The second-order valence-electron chi connectivity index (χ2n) is 6.41. The quantitative estimate of drug-likeness (QED) is 0.839. The van der Waals surface area contributed by atoms with Crippen LogP contribution in [0.2, 0.25) is 0 Å². The summed E-state index contributed by atoms with van der Waals surface area (Å²) < 4.78 is 2.31. The fraction of sp³-hybridized carbons (Fsp3) is 0.474. The summed E-state index contributed by atoms with van der Waals surface area (Å²) in [6.45, 7) is 8.56. The lowest BCUT2D eigenvalue weighted by Crippen LogP contribution is -2.22. The number of nitrogens with one attached hydrogen (secondary N) is 1. The molecule has 0 saturated heterocycles. The molecule has 0 amide bonds. The number of hydrogen-bond donors (Lipinski definition) is 1. The predicted octanol–water partition coefficient (Wildman–Crippen LogP) is 4.21. The summed E-state index contributed by atoms with van der Waals surface area (Å²) in [5, 5.41) is 3.64. The molecule has 1 N–H and O–H groups in total. The van der Waals surface area contributed by atoms with Gasteiger partial charge in [-0.25, -0.2) is 0 Å². The summed E-state index contributed by atoms with van der Waals surface area (Å²) in [5.74, 6) is 0.849. The molecule has 0 bridgehead atoms. The molecule has 1 fully saturated rings. The molecule has 1 unspecified atom stereocenters. The second-order valence-corrected chi connectivity index (χ2v) is 6.41. The van der Waals surface area contributed by atoms with Crippen molar-refractivity contribution in [2.24, 2.45) is 5.92 Å². The molecular weight excluding hydrogens is 256 g/mol. The number of nitrogens with zero attached hydrogens (tertiary/aromatic N) is 1. The fourth-order valence-corrected chi connectivity index (χ4v) is 3.06. The number of aryl methyl sites for hydroxylation is 2. The lowest BCUT2D eigenvalue weighted by atomic mass is 10.1. The first-order valence-corrected chi connectivity index (χ1v) is 8.12. The molecule has 0 spiro atoms. The van der Waals surface area contributed by atoms with Gasteiger partial charge in [0.15, 0.2) is 0 Å². The Kier molecular flexibility index (Phi) is 4.16. The fourth-order valence-electron chi connectivity index (χ4n) is 3.06. The Morgan fingerprint density at radius 2 is 2.00 bits per heavy atom. The summed E-state index contributed by atoms with van der Waals surface area (Å²) >= 11 is 0. The van der Waals surface area contributed by atoms with Gasteiger partial charge in [-0.2, -0.15) is 0 Å². The molecule has 1 aromatic carbocycles. The molecule has 1 atom stereocenters. The molecule has 0 aliphatic heterocycles. The van der Waals surface area contributed by atoms with Gasteiger partial charge in [-0.15, -0.1) is 0 Å². The Balaban J connectivity index is 1.73. The highest BCUT2D eigenvalue weighted by molar-refractivity contribution is 5.30. The van der Waals surface area contributed by atoms with Crippen molar-refractivity contribution in [2.75, 3.05) is 6.54 Å². The smallest absolute Gasteiger partial charge is 0.0470 e. The molecule has 2 heteroatoms. The van der Waals surface area contributed by atoms with E-state index in [2.05, 4.69) is 67.3 Å². The Morgan fingerprint density at radius 1 is 1.19 bits per heavy atom. The van der Waals surface area contributed by atoms with E-state index in [1.54, 1.807) is 0 Å². The second kappa shape index (κ2) is 6.07. The van der Waals surface area contributed by atoms with E-state index >= 15 is 0 Å². The van der Waals surface area contributed by atoms with Crippen molar-refractivity contribution in [2.45, 2.75) is 46.2 Å². The van der Waals surface area contributed by atoms with Gasteiger partial charge in [-0.05, 0) is 67.5 Å². The average Bonchev–Trinajstić information content (AvgIpc) is 3.20. The predicted molar refractivity (Wildman–Crippen MR) is 88.6 cm³/mol. The minimum absolute atomic E-state index is 0.552. The molecule has 1 aromatic heterocycles. The van der Waals surface area contributed by atoms with E-state index in [0.717, 1.165) is 19.0 Å². The van der Waals surface area contributed by atoms with Crippen LogP contribution < -0.4 is 5.32 Å². The molecular formula is C19H26N2. The Labute approximate surface area is 128 Å². The molecule has 1 aliphatic rings. The lowest BCUT2D eigenvalue weighted by Gasteiger charge is -2.15. The van der Waals surface area contributed by atoms with Crippen molar-refractivity contribution in [3.8, 4) is 0 Å². The van der Waals surface area contributed by atoms with Crippen LogP contribution >= 0.6 is 0 Å². The van der Waals surface area contributed by atoms with Crippen LogP contribution in [0.1, 0.15) is 48.1 Å². The maximum Gasteiger partial charge on any atom is 0.0470 e. The van der Waals surface area contributed by atoms with Gasteiger partial charge in [-0.1, -0.05) is 25.1 Å². The zero-order valence-electron chi connectivity index (χ0n) is 13.4. The van der Waals surface area contributed by atoms with E-state index in [9.17, 15) is 0 Å². The van der Waals surface area contributed by atoms with E-state index < -0.39 is 0 Å². The van der Waals surface area contributed by atoms with E-state index in [1.165, 1.54) is 35.1 Å². The monoisotopic (exact) mass is 282 g/mol. The molecule has 2 nitrogen and oxygen atoms in total. The van der Waals surface area contributed by atoms with Crippen LogP contribution in [0.5, 0.6) is 0 Å². The highest BCUT2D eigenvalue weighted by Crippen LogP contribution is 2.41. The Morgan fingerprint density at radius 3 is 2.67 bits per heavy atom. The van der Waals surface area contributed by atoms with Gasteiger partial charge < -0.3 is 9.88 Å². The van der Waals surface area contributed by atoms with Gasteiger partial charge in [-0.3, -0.25) is 0 Å². The van der Waals surface area contributed by atoms with Crippen molar-refractivity contribution in [3.63, 3.8) is 0 Å². The topological polar surface area (TPSA) is 17.0 Å². The standard InChI is InChI=1S/C19H26N2/c1-4-20-19(17-7-8-17)18-9-10-21(13-18)12-16-6-5-14(2)15(3)11-16/h5-6,9-11,13,17,19-20H,4,7-8,12H2,1-3H3. The third-order valence-corrected chi connectivity index (χ3v) is 4.59. The lowest BCUT2D eigenvalue weighted by molar-refractivity contribution is 0.495. The van der Waals surface area contributed by atoms with E-state index in [-0.39, 0.29) is 0 Å². The Bertz CT molecular complexity index is 608. The van der Waals surface area contributed by atoms with E-state index in [4.69, 9.17) is 0 Å². The summed E-state index contributed by atoms with van der Waals surface area (Å²) in [4.78, 5) is 0. The van der Waals surface area contributed by atoms with Crippen molar-refractivity contribution in [1.82, 2.24) is 9.88 Å². The minimum atomic E-state index is 0.552. The van der Waals surface area contributed by atoms with Gasteiger partial charge in [0.05, 0.1) is 0 Å². The normalized spacial score (nSPS) is 16.1. The SMILES string of the molecule is CCNC(c1ccn(Cc2ccc(C)c(C)c2)c1)C1CC1. The molecule has 2 aromatic rings. The van der Waals surface area contributed by atoms with Crippen LogP contribution in [-0.4, -0.2) is 11.1 Å². The third-order valence-electron chi connectivity index (χ3n) is 4.59. The minimum Gasteiger partial charge on any atom is -0.350 e. The van der Waals surface area contributed by atoms with Crippen molar-refractivity contribution in [3.05, 3.63) is 58.9 Å². The van der Waals surface area contributed by atoms with Crippen LogP contribution in [0, 0.1) is 19.8 Å². The molecule has 3 rings (SSSR count). The summed E-state index contributed by atoms with van der Waals surface area (Å²) in [5.41, 5.74) is 5.58. The van der Waals surface area contributed by atoms with Gasteiger partial charge in [0.25, 0.3) is 0 Å². The summed E-state index contributed by atoms with van der Waals surface area (Å²) in [6.07, 6.45) is 7.29. The average molecular weight is 282 g/mol. The number of rotatable bonds is 6. The van der Waals surface area contributed by atoms with E-state index in [1.807, 2.05) is 0 Å². The van der Waals surface area contributed by atoms with Crippen LogP contribution in [0.25, 0.3) is 0 Å². The number of hydrogen-bond acceptors (Lipinski definition) is 1. The van der Waals surface area contributed by atoms with Crippen LogP contribution in [-0.2, 0) is 6.54 Å². The van der Waals surface area contributed by atoms with Crippen LogP contribution in [0.4, 0.5) is 0 Å². The van der Waals surface area contributed by atoms with Crippen LogP contribution in [0.3, 0.4) is 0 Å². The van der Waals surface area contributed by atoms with E-state index in [0.29, 0.717) is 6.04 Å². The maximum atomic E-state index is 3.64. The van der Waals surface area contributed by atoms with Gasteiger partial charge in [0.2, 0.25) is 0 Å². The zero-order chi connectivity index (χ0) is 14.8. The summed E-state index contributed by atoms with van der Waals surface area (Å²) in [7, 11) is 0. The van der Waals surface area contributed by atoms with Crippen molar-refractivity contribution in [1.29, 1.82) is 0 Å². The number of benzene rings is 1. The molecule has 1 saturated carbocycles. The van der Waals surface area contributed by atoms with Crippen molar-refractivity contribution >= 4 is 0 Å². The van der Waals surface area contributed by atoms with Gasteiger partial charge >= 0.3 is 0 Å². The third kappa shape index (κ3) is 3.38. The summed E-state index contributed by atoms with van der Waals surface area (Å²) in [6, 6.07) is 9.60. The Hall–Kier alpha value is -1.54. The molecule has 0 radical (unpaired) electrons. The van der Waals surface area contributed by atoms with Crippen molar-refractivity contribution < 1.29 is 0 Å². The molecule has 1 aliphatic carbocycles. The maximum absolute atomic E-state index is 3.64. The number of aromatic nitrogens is 1. The van der Waals surface area contributed by atoms with Crippen LogP contribution in [0.15, 0.2) is 36.7 Å². The molecule has 1 heterocycles. The zero-order valence-corrected chi connectivity index (χ0v) is 13.4. The first-order chi connectivity index (χ1) is 10.2. The first kappa shape index (κ1) is 14.4. The molecule has 21 heavy (non-hydrogen) atoms. The van der Waals surface area contributed by atoms with Gasteiger partial charge in [0.1, 0.15) is 0 Å². The highest BCUT2D eigenvalue weighted by Gasteiger charge is 2.31. The molecule has 112 valence electrons.